The molecule has 1 aromatic heterocycles. The third-order valence-electron chi connectivity index (χ3n) is 2.36. The van der Waals surface area contributed by atoms with Crippen molar-refractivity contribution in [1.82, 2.24) is 4.98 Å². The van der Waals surface area contributed by atoms with Crippen LogP contribution in [0.15, 0.2) is 32.9 Å². The first-order chi connectivity index (χ1) is 8.92. The molecular weight excluding hydrogens is 350 g/mol. The topological polar surface area (TPSA) is 85.1 Å². The number of aromatic nitrogens is 1. The fourth-order valence-corrected chi connectivity index (χ4v) is 4.53. The molecule has 0 aliphatic heterocycles. The van der Waals surface area contributed by atoms with Crippen molar-refractivity contribution in [3.05, 3.63) is 39.3 Å². The first-order valence-corrected chi connectivity index (χ1v) is 8.51. The van der Waals surface area contributed by atoms with Crippen LogP contribution in [0.5, 0.6) is 0 Å². The Labute approximate surface area is 124 Å². The van der Waals surface area contributed by atoms with Crippen molar-refractivity contribution in [2.45, 2.75) is 18.4 Å². The lowest BCUT2D eigenvalue weighted by molar-refractivity contribution is 0.600. The molecule has 0 fully saturated rings. The zero-order chi connectivity index (χ0) is 14.0. The minimum atomic E-state index is -3.65. The van der Waals surface area contributed by atoms with Crippen molar-refractivity contribution < 1.29 is 8.42 Å². The number of aryl methyl sites for hydroxylation is 1. The molecule has 0 bridgehead atoms. The van der Waals surface area contributed by atoms with Crippen LogP contribution in [-0.4, -0.2) is 13.4 Å². The molecule has 0 spiro atoms. The van der Waals surface area contributed by atoms with Crippen LogP contribution >= 0.6 is 27.3 Å². The van der Waals surface area contributed by atoms with E-state index in [9.17, 15) is 8.42 Å². The van der Waals surface area contributed by atoms with E-state index in [2.05, 4.69) is 25.6 Å². The maximum absolute atomic E-state index is 12.2. The summed E-state index contributed by atoms with van der Waals surface area (Å²) in [5, 5.41) is 2.14. The molecule has 0 saturated heterocycles. The van der Waals surface area contributed by atoms with Gasteiger partial charge in [-0.05, 0) is 40.5 Å². The minimum Gasteiger partial charge on any atom is -0.326 e. The summed E-state index contributed by atoms with van der Waals surface area (Å²) in [7, 11) is -3.65. The normalized spacial score (nSPS) is 11.5. The first-order valence-electron chi connectivity index (χ1n) is 5.36. The first kappa shape index (κ1) is 14.4. The molecule has 0 aliphatic rings. The highest BCUT2D eigenvalue weighted by Gasteiger charge is 2.19. The van der Waals surface area contributed by atoms with Crippen molar-refractivity contribution in [2.75, 3.05) is 4.72 Å². The van der Waals surface area contributed by atoms with Gasteiger partial charge < -0.3 is 5.73 Å². The van der Waals surface area contributed by atoms with E-state index in [-0.39, 0.29) is 4.90 Å². The zero-order valence-corrected chi connectivity index (χ0v) is 13.3. The van der Waals surface area contributed by atoms with Crippen LogP contribution in [0.2, 0.25) is 0 Å². The molecule has 0 aliphatic carbocycles. The van der Waals surface area contributed by atoms with Gasteiger partial charge in [0, 0.05) is 16.4 Å². The van der Waals surface area contributed by atoms with Gasteiger partial charge in [-0.3, -0.25) is 4.72 Å². The smallest absolute Gasteiger partial charge is 0.264 e. The summed E-state index contributed by atoms with van der Waals surface area (Å²) < 4.78 is 27.4. The fourth-order valence-electron chi connectivity index (χ4n) is 1.46. The average Bonchev–Trinajstić information content (AvgIpc) is 2.73. The highest BCUT2D eigenvalue weighted by atomic mass is 79.9. The molecule has 0 amide bonds. The second kappa shape index (κ2) is 5.58. The van der Waals surface area contributed by atoms with E-state index in [1.165, 1.54) is 17.4 Å². The molecule has 0 saturated carbocycles. The molecule has 3 N–H and O–H groups in total. The van der Waals surface area contributed by atoms with Crippen LogP contribution < -0.4 is 10.5 Å². The second-order valence-electron chi connectivity index (χ2n) is 3.87. The predicted octanol–water partition coefficient (Wildman–Crippen LogP) is 2.47. The summed E-state index contributed by atoms with van der Waals surface area (Å²) in [5.74, 6) is 0. The van der Waals surface area contributed by atoms with Crippen LogP contribution in [0.1, 0.15) is 11.3 Å². The van der Waals surface area contributed by atoms with Crippen molar-refractivity contribution in [3.63, 3.8) is 0 Å². The Bertz CT molecular complexity index is 698. The molecule has 0 atom stereocenters. The molecule has 19 heavy (non-hydrogen) atoms. The van der Waals surface area contributed by atoms with Gasteiger partial charge in [0.25, 0.3) is 10.0 Å². The molecule has 1 heterocycles. The quantitative estimate of drug-likeness (QED) is 0.875. The van der Waals surface area contributed by atoms with Crippen molar-refractivity contribution in [3.8, 4) is 0 Å². The maximum Gasteiger partial charge on any atom is 0.264 e. The number of benzene rings is 1. The number of sulfonamides is 1. The SMILES string of the molecule is Cc1csc(NS(=O)(=O)c2ccc(CN)cc2Br)n1. The Morgan fingerprint density at radius 3 is 2.74 bits per heavy atom. The molecule has 2 rings (SSSR count). The Morgan fingerprint density at radius 2 is 2.21 bits per heavy atom. The molecule has 8 heteroatoms. The summed E-state index contributed by atoms with van der Waals surface area (Å²) in [5.41, 5.74) is 7.15. The lowest BCUT2D eigenvalue weighted by Gasteiger charge is -2.08. The van der Waals surface area contributed by atoms with E-state index >= 15 is 0 Å². The third-order valence-corrected chi connectivity index (χ3v) is 5.68. The molecule has 1 aromatic carbocycles. The number of anilines is 1. The number of nitrogens with two attached hydrogens (primary N) is 1. The number of nitrogens with one attached hydrogen (secondary N) is 1. The fraction of sp³-hybridized carbons (Fsp3) is 0.182. The van der Waals surface area contributed by atoms with Crippen molar-refractivity contribution >= 4 is 42.4 Å². The number of thiazole rings is 1. The Kier molecular flexibility index (Phi) is 4.24. The van der Waals surface area contributed by atoms with E-state index < -0.39 is 10.0 Å². The standard InChI is InChI=1S/C11H12BrN3O2S2/c1-7-6-18-11(14-7)15-19(16,17)10-3-2-8(5-13)4-9(10)12/h2-4,6H,5,13H2,1H3,(H,14,15). The van der Waals surface area contributed by atoms with Gasteiger partial charge in [0.15, 0.2) is 5.13 Å². The summed E-state index contributed by atoms with van der Waals surface area (Å²) in [6, 6.07) is 4.91. The largest absolute Gasteiger partial charge is 0.326 e. The van der Waals surface area contributed by atoms with Crippen LogP contribution in [0.4, 0.5) is 5.13 Å². The van der Waals surface area contributed by atoms with Crippen LogP contribution in [0.3, 0.4) is 0 Å². The lowest BCUT2D eigenvalue weighted by atomic mass is 10.2. The Hall–Kier alpha value is -0.960. The second-order valence-corrected chi connectivity index (χ2v) is 7.23. The van der Waals surface area contributed by atoms with E-state index in [0.29, 0.717) is 16.1 Å². The average molecular weight is 362 g/mol. The van der Waals surface area contributed by atoms with Gasteiger partial charge in [0.05, 0.1) is 5.69 Å². The van der Waals surface area contributed by atoms with Gasteiger partial charge in [-0.15, -0.1) is 11.3 Å². The predicted molar refractivity (Wildman–Crippen MR) is 79.7 cm³/mol. The molecule has 5 nitrogen and oxygen atoms in total. The van der Waals surface area contributed by atoms with Gasteiger partial charge in [-0.1, -0.05) is 6.07 Å². The lowest BCUT2D eigenvalue weighted by Crippen LogP contribution is -2.13. The molecule has 0 radical (unpaired) electrons. The third kappa shape index (κ3) is 3.33. The van der Waals surface area contributed by atoms with Gasteiger partial charge in [0.2, 0.25) is 0 Å². The highest BCUT2D eigenvalue weighted by Crippen LogP contribution is 2.26. The van der Waals surface area contributed by atoms with Crippen LogP contribution in [0.25, 0.3) is 0 Å². The van der Waals surface area contributed by atoms with Crippen molar-refractivity contribution in [1.29, 1.82) is 0 Å². The van der Waals surface area contributed by atoms with Gasteiger partial charge in [-0.2, -0.15) is 0 Å². The van der Waals surface area contributed by atoms with Gasteiger partial charge in [0.1, 0.15) is 4.90 Å². The van der Waals surface area contributed by atoms with Gasteiger partial charge in [-0.25, -0.2) is 13.4 Å². The van der Waals surface area contributed by atoms with E-state index in [0.717, 1.165) is 11.3 Å². The van der Waals surface area contributed by atoms with E-state index in [1.807, 2.05) is 0 Å². The maximum atomic E-state index is 12.2. The summed E-state index contributed by atoms with van der Waals surface area (Å²) >= 11 is 4.50. The van der Waals surface area contributed by atoms with E-state index in [4.69, 9.17) is 5.73 Å². The number of halogens is 1. The summed E-state index contributed by atoms with van der Waals surface area (Å²) in [6.45, 7) is 2.16. The monoisotopic (exact) mass is 361 g/mol. The molecular formula is C11H12BrN3O2S2. The number of rotatable bonds is 4. The van der Waals surface area contributed by atoms with Crippen molar-refractivity contribution in [2.24, 2.45) is 5.73 Å². The molecule has 2 aromatic rings. The van der Waals surface area contributed by atoms with E-state index in [1.54, 1.807) is 24.4 Å². The molecule has 0 unspecified atom stereocenters. The van der Waals surface area contributed by atoms with Crippen LogP contribution in [0, 0.1) is 6.92 Å². The highest BCUT2D eigenvalue weighted by molar-refractivity contribution is 9.10. The number of nitrogens with zero attached hydrogens (tertiary/aromatic N) is 1. The number of hydrogen-bond acceptors (Lipinski definition) is 5. The van der Waals surface area contributed by atoms with Crippen LogP contribution in [-0.2, 0) is 16.6 Å². The zero-order valence-electron chi connectivity index (χ0n) is 10.1. The summed E-state index contributed by atoms with van der Waals surface area (Å²) in [6.07, 6.45) is 0. The summed E-state index contributed by atoms with van der Waals surface area (Å²) in [4.78, 5) is 4.24. The Morgan fingerprint density at radius 1 is 1.47 bits per heavy atom. The van der Waals surface area contributed by atoms with Gasteiger partial charge >= 0.3 is 0 Å². The minimum absolute atomic E-state index is 0.164. The Balaban J connectivity index is 2.34. The number of hydrogen-bond donors (Lipinski definition) is 2. The molecule has 102 valence electrons.